The Hall–Kier alpha value is -0.921. The Bertz CT molecular complexity index is 287. The topological polar surface area (TPSA) is 83.6 Å². The summed E-state index contributed by atoms with van der Waals surface area (Å²) in [5.41, 5.74) is 0. The summed E-state index contributed by atoms with van der Waals surface area (Å²) in [6.45, 7) is 0. The van der Waals surface area contributed by atoms with E-state index in [1.165, 1.54) is 0 Å². The molecule has 0 bridgehead atoms. The summed E-state index contributed by atoms with van der Waals surface area (Å²) < 4.78 is 0.840. The Morgan fingerprint density at radius 2 is 1.83 bits per heavy atom. The van der Waals surface area contributed by atoms with E-state index in [0.29, 0.717) is 0 Å². The van der Waals surface area contributed by atoms with E-state index < -0.39 is 45.0 Å². The van der Waals surface area contributed by atoms with Crippen molar-refractivity contribution in [1.29, 1.82) is 0 Å². The third kappa shape index (κ3) is 1.33. The van der Waals surface area contributed by atoms with Crippen molar-refractivity contribution in [2.75, 3.05) is 0 Å². The number of ketones is 1. The van der Waals surface area contributed by atoms with Crippen LogP contribution in [0.25, 0.3) is 0 Å². The van der Waals surface area contributed by atoms with Gasteiger partial charge in [-0.25, -0.2) is 0 Å². The first-order valence-corrected chi connectivity index (χ1v) is 7.12. The Balaban J connectivity index is 2.94. The van der Waals surface area contributed by atoms with Gasteiger partial charge in [0.25, 0.3) is 0 Å². The number of Topliss-reactive ketones (excluding diaryl/α,β-unsaturated/α-hetero) is 1. The van der Waals surface area contributed by atoms with E-state index in [-0.39, 0.29) is 0 Å². The molecule has 0 saturated carbocycles. The Morgan fingerprint density at radius 1 is 1.25 bits per heavy atom. The summed E-state index contributed by atoms with van der Waals surface area (Å²) in [5, 5.41) is 1.78. The van der Waals surface area contributed by atoms with Crippen molar-refractivity contribution < 1.29 is 19.2 Å². The molecule has 1 N–H and O–H groups in total. The minimum absolute atomic E-state index is 0.765. The van der Waals surface area contributed by atoms with Gasteiger partial charge in [0.05, 0.1) is 0 Å². The molecule has 0 aromatic heterocycles. The minimum atomic E-state index is -1.34. The van der Waals surface area contributed by atoms with E-state index in [4.69, 9.17) is 0 Å². The molecule has 62 valence electrons. The first-order valence-electron chi connectivity index (χ1n) is 2.99. The number of urea groups is 1. The third-order valence-electron chi connectivity index (χ3n) is 1.25. The molecule has 1 aliphatic heterocycles. The van der Waals surface area contributed by atoms with Crippen LogP contribution in [0.15, 0.2) is 0 Å². The maximum atomic E-state index is 10.9. The number of imide groups is 2. The SMILES string of the molecule is [CH3][Sn][N]1C(=O)NC(=O)C(=O)C1=O. The Labute approximate surface area is 77.8 Å². The Kier molecular flexibility index (Phi) is 2.46. The summed E-state index contributed by atoms with van der Waals surface area (Å²) >= 11 is -1.34. The number of nitrogens with one attached hydrogen (secondary N) is 1. The molecule has 0 aromatic rings. The van der Waals surface area contributed by atoms with Crippen LogP contribution >= 0.6 is 0 Å². The molecule has 1 fully saturated rings. The van der Waals surface area contributed by atoms with Crippen LogP contribution < -0.4 is 5.32 Å². The fourth-order valence-corrected chi connectivity index (χ4v) is 2.31. The van der Waals surface area contributed by atoms with Crippen LogP contribution in [0, 0.1) is 0 Å². The van der Waals surface area contributed by atoms with Crippen molar-refractivity contribution in [3.8, 4) is 0 Å². The molecule has 2 radical (unpaired) electrons. The number of rotatable bonds is 1. The van der Waals surface area contributed by atoms with Gasteiger partial charge in [0.1, 0.15) is 0 Å². The molecule has 0 aromatic carbocycles. The third-order valence-corrected chi connectivity index (χ3v) is 3.69. The summed E-state index contributed by atoms with van der Waals surface area (Å²) in [6.07, 6.45) is 0. The number of hydrogen-bond donors (Lipinski definition) is 1. The van der Waals surface area contributed by atoms with Gasteiger partial charge in [-0.1, -0.05) is 0 Å². The maximum absolute atomic E-state index is 10.9. The molecule has 1 rings (SSSR count). The van der Waals surface area contributed by atoms with Crippen LogP contribution in [-0.4, -0.2) is 48.2 Å². The number of amides is 4. The number of nitrogens with zero attached hydrogens (tertiary/aromatic N) is 1. The van der Waals surface area contributed by atoms with Crippen molar-refractivity contribution >= 4 is 45.0 Å². The molecule has 1 aliphatic rings. The monoisotopic (exact) mass is 276 g/mol. The van der Waals surface area contributed by atoms with Gasteiger partial charge in [-0.2, -0.15) is 0 Å². The Morgan fingerprint density at radius 3 is 2.33 bits per heavy atom. The number of carbonyl (C=O) groups is 4. The molecule has 12 heavy (non-hydrogen) atoms. The van der Waals surface area contributed by atoms with Crippen molar-refractivity contribution in [3.63, 3.8) is 0 Å². The van der Waals surface area contributed by atoms with Gasteiger partial charge < -0.3 is 0 Å². The second-order valence-corrected chi connectivity index (χ2v) is 4.51. The molecular formula is C5H4N2O4Sn. The quantitative estimate of drug-likeness (QED) is 0.456. The molecule has 0 unspecified atom stereocenters. The standard InChI is InChI=1S/C4H2N2O4.CH3.Sn/c7-1-2(8)5-4(10)6-3(1)9;;/h(H2,5,6,8,9,10);1H3;/q;;+1/p-1. The molecular weight excluding hydrogens is 271 g/mol. The van der Waals surface area contributed by atoms with E-state index in [0.717, 1.165) is 3.12 Å². The average molecular weight is 275 g/mol. The van der Waals surface area contributed by atoms with Crippen molar-refractivity contribution in [2.45, 2.75) is 4.94 Å². The average Bonchev–Trinajstić information content (AvgIpc) is 2.01. The van der Waals surface area contributed by atoms with Gasteiger partial charge in [-0.05, 0) is 0 Å². The van der Waals surface area contributed by atoms with E-state index >= 15 is 0 Å². The van der Waals surface area contributed by atoms with Crippen LogP contribution in [-0.2, 0) is 14.4 Å². The molecule has 0 atom stereocenters. The van der Waals surface area contributed by atoms with Gasteiger partial charge in [0, 0.05) is 0 Å². The van der Waals surface area contributed by atoms with Gasteiger partial charge >= 0.3 is 77.6 Å². The number of carbonyl (C=O) groups excluding carboxylic acids is 4. The van der Waals surface area contributed by atoms with E-state index in [1.54, 1.807) is 10.3 Å². The molecule has 1 saturated heterocycles. The van der Waals surface area contributed by atoms with Crippen LogP contribution in [0.4, 0.5) is 4.79 Å². The van der Waals surface area contributed by atoms with E-state index in [1.807, 2.05) is 0 Å². The zero-order valence-electron chi connectivity index (χ0n) is 6.08. The first kappa shape index (κ1) is 9.17. The van der Waals surface area contributed by atoms with Gasteiger partial charge in [-0.3, -0.25) is 0 Å². The zero-order valence-corrected chi connectivity index (χ0v) is 8.93. The summed E-state index contributed by atoms with van der Waals surface area (Å²) in [5.74, 6) is -3.27. The summed E-state index contributed by atoms with van der Waals surface area (Å²) in [7, 11) is 0. The normalized spacial score (nSPS) is 18.2. The molecule has 0 aliphatic carbocycles. The van der Waals surface area contributed by atoms with E-state index in [2.05, 4.69) is 0 Å². The van der Waals surface area contributed by atoms with Crippen molar-refractivity contribution in [2.24, 2.45) is 0 Å². The molecule has 1 heterocycles. The fourth-order valence-electron chi connectivity index (χ4n) is 0.704. The predicted molar refractivity (Wildman–Crippen MR) is 37.0 cm³/mol. The van der Waals surface area contributed by atoms with Crippen molar-refractivity contribution in [1.82, 2.24) is 8.44 Å². The second-order valence-electron chi connectivity index (χ2n) is 1.95. The molecule has 6 nitrogen and oxygen atoms in total. The van der Waals surface area contributed by atoms with Crippen LogP contribution in [0.2, 0.25) is 4.94 Å². The first-order chi connectivity index (χ1) is 5.57. The van der Waals surface area contributed by atoms with Gasteiger partial charge in [-0.15, -0.1) is 0 Å². The fraction of sp³-hybridized carbons (Fsp3) is 0.200. The molecule has 7 heteroatoms. The number of barbiturate groups is 1. The van der Waals surface area contributed by atoms with Gasteiger partial charge in [0.2, 0.25) is 0 Å². The molecule has 4 amide bonds. The summed E-state index contributed by atoms with van der Waals surface area (Å²) in [4.78, 5) is 44.7. The molecule has 0 spiro atoms. The second kappa shape index (κ2) is 3.21. The predicted octanol–water partition coefficient (Wildman–Crippen LogP) is -1.70. The van der Waals surface area contributed by atoms with Crippen LogP contribution in [0.5, 0.6) is 0 Å². The van der Waals surface area contributed by atoms with Gasteiger partial charge in [0.15, 0.2) is 0 Å². The summed E-state index contributed by atoms with van der Waals surface area (Å²) in [6, 6.07) is -0.765. The van der Waals surface area contributed by atoms with Crippen LogP contribution in [0.3, 0.4) is 0 Å². The van der Waals surface area contributed by atoms with Crippen LogP contribution in [0.1, 0.15) is 0 Å². The zero-order chi connectivity index (χ0) is 9.30. The van der Waals surface area contributed by atoms with Crippen molar-refractivity contribution in [3.05, 3.63) is 0 Å². The van der Waals surface area contributed by atoms with E-state index in [9.17, 15) is 19.2 Å². The number of hydrogen-bond acceptors (Lipinski definition) is 4.